The molecule has 0 atom stereocenters. The first-order valence-electron chi connectivity index (χ1n) is 6.30. The summed E-state index contributed by atoms with van der Waals surface area (Å²) in [7, 11) is 0. The standard InChI is InChI=1S/C14H18N2O2/c17-11-16-14(8-4-5-9-14)13(18)15-10-12-6-2-1-3-7-12/h1-3,6-7,11H,4-5,8-10H2,(H,15,18)(H,16,17). The van der Waals surface area contributed by atoms with E-state index in [1.807, 2.05) is 30.3 Å². The monoisotopic (exact) mass is 246 g/mol. The highest BCUT2D eigenvalue weighted by atomic mass is 16.2. The fraction of sp³-hybridized carbons (Fsp3) is 0.429. The molecule has 96 valence electrons. The Kier molecular flexibility index (Phi) is 3.97. The molecule has 18 heavy (non-hydrogen) atoms. The summed E-state index contributed by atoms with van der Waals surface area (Å²) in [6, 6.07) is 9.76. The van der Waals surface area contributed by atoms with Crippen molar-refractivity contribution in [3.8, 4) is 0 Å². The number of hydrogen-bond acceptors (Lipinski definition) is 2. The summed E-state index contributed by atoms with van der Waals surface area (Å²) in [5.41, 5.74) is 0.376. The summed E-state index contributed by atoms with van der Waals surface area (Å²) >= 11 is 0. The van der Waals surface area contributed by atoms with E-state index in [1.165, 1.54) is 0 Å². The van der Waals surface area contributed by atoms with E-state index in [9.17, 15) is 9.59 Å². The smallest absolute Gasteiger partial charge is 0.246 e. The maximum atomic E-state index is 12.2. The van der Waals surface area contributed by atoms with Crippen molar-refractivity contribution in [2.45, 2.75) is 37.8 Å². The number of amides is 2. The zero-order chi connectivity index (χ0) is 12.8. The molecule has 2 amide bonds. The molecule has 0 aromatic heterocycles. The maximum absolute atomic E-state index is 12.2. The van der Waals surface area contributed by atoms with Crippen molar-refractivity contribution in [2.75, 3.05) is 0 Å². The number of nitrogens with one attached hydrogen (secondary N) is 2. The van der Waals surface area contributed by atoms with E-state index in [0.29, 0.717) is 13.0 Å². The molecule has 4 nitrogen and oxygen atoms in total. The van der Waals surface area contributed by atoms with Gasteiger partial charge in [-0.15, -0.1) is 0 Å². The minimum atomic E-state index is -0.684. The van der Waals surface area contributed by atoms with Crippen LogP contribution in [-0.2, 0) is 16.1 Å². The Morgan fingerprint density at radius 1 is 1.22 bits per heavy atom. The minimum absolute atomic E-state index is 0.0732. The van der Waals surface area contributed by atoms with Gasteiger partial charge in [-0.1, -0.05) is 43.2 Å². The van der Waals surface area contributed by atoms with Crippen molar-refractivity contribution in [3.63, 3.8) is 0 Å². The lowest BCUT2D eigenvalue weighted by Gasteiger charge is -2.26. The number of carbonyl (C=O) groups excluding carboxylic acids is 2. The van der Waals surface area contributed by atoms with Gasteiger partial charge in [-0.2, -0.15) is 0 Å². The fourth-order valence-corrected chi connectivity index (χ4v) is 2.48. The molecule has 0 bridgehead atoms. The molecule has 1 fully saturated rings. The lowest BCUT2D eigenvalue weighted by atomic mass is 9.96. The number of carbonyl (C=O) groups is 2. The second-order valence-electron chi connectivity index (χ2n) is 4.72. The second-order valence-corrected chi connectivity index (χ2v) is 4.72. The molecule has 0 radical (unpaired) electrons. The Bertz CT molecular complexity index is 411. The molecular formula is C14H18N2O2. The molecule has 2 N–H and O–H groups in total. The van der Waals surface area contributed by atoms with Crippen molar-refractivity contribution in [1.29, 1.82) is 0 Å². The zero-order valence-corrected chi connectivity index (χ0v) is 10.3. The van der Waals surface area contributed by atoms with Crippen LogP contribution in [0.1, 0.15) is 31.2 Å². The molecule has 4 heteroatoms. The third kappa shape index (κ3) is 2.70. The van der Waals surface area contributed by atoms with Crippen LogP contribution in [0.2, 0.25) is 0 Å². The van der Waals surface area contributed by atoms with Gasteiger partial charge in [0.05, 0.1) is 0 Å². The van der Waals surface area contributed by atoms with Gasteiger partial charge in [0.25, 0.3) is 0 Å². The Hall–Kier alpha value is -1.84. The zero-order valence-electron chi connectivity index (χ0n) is 10.3. The Balaban J connectivity index is 1.96. The molecule has 1 aliphatic rings. The van der Waals surface area contributed by atoms with Crippen LogP contribution in [-0.4, -0.2) is 17.9 Å². The van der Waals surface area contributed by atoms with Gasteiger partial charge in [-0.05, 0) is 18.4 Å². The largest absolute Gasteiger partial charge is 0.350 e. The number of hydrogen-bond donors (Lipinski definition) is 2. The van der Waals surface area contributed by atoms with Gasteiger partial charge in [0.15, 0.2) is 0 Å². The predicted molar refractivity (Wildman–Crippen MR) is 68.7 cm³/mol. The van der Waals surface area contributed by atoms with Crippen molar-refractivity contribution >= 4 is 12.3 Å². The summed E-state index contributed by atoms with van der Waals surface area (Å²) in [6.07, 6.45) is 4.06. The molecule has 0 unspecified atom stereocenters. The molecule has 1 aromatic carbocycles. The lowest BCUT2D eigenvalue weighted by molar-refractivity contribution is -0.130. The van der Waals surface area contributed by atoms with Gasteiger partial charge in [0, 0.05) is 6.54 Å². The van der Waals surface area contributed by atoms with Crippen LogP contribution >= 0.6 is 0 Å². The van der Waals surface area contributed by atoms with Crippen LogP contribution in [0.3, 0.4) is 0 Å². The van der Waals surface area contributed by atoms with E-state index >= 15 is 0 Å². The van der Waals surface area contributed by atoms with Crippen molar-refractivity contribution in [3.05, 3.63) is 35.9 Å². The second kappa shape index (κ2) is 5.67. The topological polar surface area (TPSA) is 58.2 Å². The van der Waals surface area contributed by atoms with Crippen LogP contribution < -0.4 is 10.6 Å². The van der Waals surface area contributed by atoms with Gasteiger partial charge >= 0.3 is 0 Å². The Morgan fingerprint density at radius 2 is 1.89 bits per heavy atom. The van der Waals surface area contributed by atoms with Gasteiger partial charge < -0.3 is 10.6 Å². The summed E-state index contributed by atoms with van der Waals surface area (Å²) in [5, 5.41) is 5.61. The Labute approximate surface area is 107 Å². The molecule has 0 saturated heterocycles. The maximum Gasteiger partial charge on any atom is 0.246 e. The average Bonchev–Trinajstić information content (AvgIpc) is 2.87. The Morgan fingerprint density at radius 3 is 2.50 bits per heavy atom. The van der Waals surface area contributed by atoms with Crippen molar-refractivity contribution in [2.24, 2.45) is 0 Å². The first-order valence-corrected chi connectivity index (χ1v) is 6.30. The van der Waals surface area contributed by atoms with Crippen LogP contribution in [0.25, 0.3) is 0 Å². The van der Waals surface area contributed by atoms with Gasteiger partial charge in [0.1, 0.15) is 5.54 Å². The van der Waals surface area contributed by atoms with E-state index in [-0.39, 0.29) is 5.91 Å². The van der Waals surface area contributed by atoms with E-state index in [0.717, 1.165) is 31.2 Å². The van der Waals surface area contributed by atoms with E-state index in [4.69, 9.17) is 0 Å². The third-order valence-electron chi connectivity index (χ3n) is 3.52. The molecule has 0 spiro atoms. The van der Waals surface area contributed by atoms with E-state index in [2.05, 4.69) is 10.6 Å². The average molecular weight is 246 g/mol. The SMILES string of the molecule is O=CNC1(C(=O)NCc2ccccc2)CCCC1. The summed E-state index contributed by atoms with van der Waals surface area (Å²) in [6.45, 7) is 0.502. The van der Waals surface area contributed by atoms with Gasteiger partial charge in [-0.3, -0.25) is 9.59 Å². The molecular weight excluding hydrogens is 228 g/mol. The first kappa shape index (κ1) is 12.6. The van der Waals surface area contributed by atoms with Crippen molar-refractivity contribution < 1.29 is 9.59 Å². The van der Waals surface area contributed by atoms with Gasteiger partial charge in [-0.25, -0.2) is 0 Å². The highest BCUT2D eigenvalue weighted by molar-refractivity contribution is 5.88. The summed E-state index contributed by atoms with van der Waals surface area (Å²) in [5.74, 6) is -0.0732. The van der Waals surface area contributed by atoms with Crippen molar-refractivity contribution in [1.82, 2.24) is 10.6 Å². The first-order chi connectivity index (χ1) is 8.77. The predicted octanol–water partition coefficient (Wildman–Crippen LogP) is 1.36. The summed E-state index contributed by atoms with van der Waals surface area (Å²) in [4.78, 5) is 22.9. The number of benzene rings is 1. The highest BCUT2D eigenvalue weighted by Crippen LogP contribution is 2.29. The molecule has 2 rings (SSSR count). The summed E-state index contributed by atoms with van der Waals surface area (Å²) < 4.78 is 0. The molecule has 1 aromatic rings. The molecule has 0 aliphatic heterocycles. The highest BCUT2D eigenvalue weighted by Gasteiger charge is 2.40. The van der Waals surface area contributed by atoms with Crippen LogP contribution in [0.5, 0.6) is 0 Å². The van der Waals surface area contributed by atoms with Gasteiger partial charge in [0.2, 0.25) is 12.3 Å². The molecule has 1 saturated carbocycles. The normalized spacial score (nSPS) is 17.1. The van der Waals surface area contributed by atoms with E-state index < -0.39 is 5.54 Å². The molecule has 0 heterocycles. The molecule has 1 aliphatic carbocycles. The van der Waals surface area contributed by atoms with Crippen LogP contribution in [0, 0.1) is 0 Å². The lowest BCUT2D eigenvalue weighted by Crippen LogP contribution is -2.54. The number of rotatable bonds is 5. The minimum Gasteiger partial charge on any atom is -0.350 e. The fourth-order valence-electron chi connectivity index (χ4n) is 2.48. The van der Waals surface area contributed by atoms with Crippen LogP contribution in [0.4, 0.5) is 0 Å². The third-order valence-corrected chi connectivity index (χ3v) is 3.52. The quantitative estimate of drug-likeness (QED) is 0.771. The van der Waals surface area contributed by atoms with E-state index in [1.54, 1.807) is 0 Å². The van der Waals surface area contributed by atoms with Crippen LogP contribution in [0.15, 0.2) is 30.3 Å².